The van der Waals surface area contributed by atoms with Crippen molar-refractivity contribution in [1.82, 2.24) is 0 Å². The van der Waals surface area contributed by atoms with E-state index in [0.29, 0.717) is 0 Å². The van der Waals surface area contributed by atoms with E-state index in [4.69, 9.17) is 4.74 Å². The van der Waals surface area contributed by atoms with Gasteiger partial charge in [-0.25, -0.2) is 0 Å². The van der Waals surface area contributed by atoms with E-state index in [1.165, 1.54) is 0 Å². The Hall–Kier alpha value is -2.02. The molecular weight excluding hydrogens is 862 g/mol. The first-order valence-corrected chi connectivity index (χ1v) is 13.8. The van der Waals surface area contributed by atoms with Crippen LogP contribution in [0.25, 0.3) is 0 Å². The van der Waals surface area contributed by atoms with E-state index >= 15 is 0 Å². The minimum atomic E-state index is -8.17. The summed E-state index contributed by atoms with van der Waals surface area (Å²) in [6.45, 7) is -13.4. The highest BCUT2D eigenvalue weighted by Gasteiger charge is 2.92. The lowest BCUT2D eigenvalue weighted by atomic mass is 9.86. The molecule has 0 aromatic heterocycles. The van der Waals surface area contributed by atoms with E-state index in [0.717, 1.165) is 0 Å². The molecule has 0 atom stereocenters. The van der Waals surface area contributed by atoms with Gasteiger partial charge in [0, 0.05) is 0 Å². The molecule has 2 heterocycles. The molecule has 0 unspecified atom stereocenters. The van der Waals surface area contributed by atoms with Gasteiger partial charge >= 0.3 is 71.6 Å². The average molecular weight is 882 g/mol. The Morgan fingerprint density at radius 2 is 0.527 bits per heavy atom. The molecule has 55 heavy (non-hydrogen) atoms. The average Bonchev–Trinajstić information content (AvgIpc) is 2.95. The van der Waals surface area contributed by atoms with Crippen LogP contribution in [-0.4, -0.2) is 138 Å². The van der Waals surface area contributed by atoms with Crippen molar-refractivity contribution in [1.29, 1.82) is 0 Å². The molecule has 0 N–H and O–H groups in total. The predicted molar refractivity (Wildman–Crippen MR) is 121 cm³/mol. The minimum absolute atomic E-state index is 0.686. The summed E-state index contributed by atoms with van der Waals surface area (Å²) in [6.07, 6.45) is -15.3. The van der Waals surface area contributed by atoms with Gasteiger partial charge in [-0.3, -0.25) is 0 Å². The fourth-order valence-corrected chi connectivity index (χ4v) is 4.26. The van der Waals surface area contributed by atoms with E-state index in [-0.39, 0.29) is 0 Å². The number of halogens is 26. The minimum Gasteiger partial charge on any atom is -0.380 e. The normalized spacial score (nSPS) is 20.0. The summed E-state index contributed by atoms with van der Waals surface area (Å²) >= 11 is 0. The molecular formula is C24H20F26O5. The highest BCUT2D eigenvalue weighted by atomic mass is 19.4. The van der Waals surface area contributed by atoms with Crippen molar-refractivity contribution in [2.45, 2.75) is 71.6 Å². The van der Waals surface area contributed by atoms with Crippen molar-refractivity contribution in [2.24, 2.45) is 10.8 Å². The van der Waals surface area contributed by atoms with E-state index in [2.05, 4.69) is 18.9 Å². The maximum Gasteiger partial charge on any atom is 0.460 e. The molecule has 0 saturated carbocycles. The second-order valence-corrected chi connectivity index (χ2v) is 12.5. The standard InChI is InChI=1S/C24H20F26O5/c25-13(26,15(29,30)17(33,34)19(37,38)21(41,42)23(45,46)47)9-54-7-11(1-51-2-11)5-53-6-12(3-52-4-12)8-55-10-14(27,28)16(31,32)18(35,36)20(39,40)22(43,44)24(48,49)50/h1-10H2. The zero-order valence-electron chi connectivity index (χ0n) is 25.9. The fraction of sp³-hybridized carbons (Fsp3) is 1.00. The lowest BCUT2D eigenvalue weighted by Gasteiger charge is -2.44. The quantitative estimate of drug-likeness (QED) is 0.115. The molecule has 2 rings (SSSR count). The van der Waals surface area contributed by atoms with Crippen LogP contribution in [0.5, 0.6) is 0 Å². The molecule has 0 amide bonds. The van der Waals surface area contributed by atoms with Crippen LogP contribution in [0.1, 0.15) is 0 Å². The first-order chi connectivity index (χ1) is 24.0. The van der Waals surface area contributed by atoms with Gasteiger partial charge in [0.25, 0.3) is 0 Å². The van der Waals surface area contributed by atoms with Crippen molar-refractivity contribution in [3.63, 3.8) is 0 Å². The van der Waals surface area contributed by atoms with Crippen molar-refractivity contribution in [2.75, 3.05) is 66.1 Å². The maximum absolute atomic E-state index is 14.0. The van der Waals surface area contributed by atoms with Crippen LogP contribution in [0.3, 0.4) is 0 Å². The van der Waals surface area contributed by atoms with Crippen molar-refractivity contribution < 1.29 is 138 Å². The maximum atomic E-state index is 14.0. The Balaban J connectivity index is 2.06. The van der Waals surface area contributed by atoms with E-state index < -0.39 is 148 Å². The van der Waals surface area contributed by atoms with Crippen LogP contribution in [0.15, 0.2) is 0 Å². The molecule has 0 aromatic carbocycles. The molecule has 0 bridgehead atoms. The van der Waals surface area contributed by atoms with E-state index in [1.54, 1.807) is 0 Å². The molecule has 5 nitrogen and oxygen atoms in total. The molecule has 0 aliphatic carbocycles. The van der Waals surface area contributed by atoms with E-state index in [9.17, 15) is 114 Å². The molecule has 328 valence electrons. The summed E-state index contributed by atoms with van der Waals surface area (Å²) in [5.74, 6) is -77.0. The number of hydrogen-bond donors (Lipinski definition) is 0. The largest absolute Gasteiger partial charge is 0.460 e. The number of ether oxygens (including phenoxy) is 5. The number of rotatable bonds is 20. The third-order valence-electron chi connectivity index (χ3n) is 7.83. The SMILES string of the molecule is FC(F)(F)C(F)(F)C(F)(F)C(F)(F)C(F)(F)C(F)(F)COCC1(COCC2(COCC(F)(F)C(F)(F)C(F)(F)C(F)(F)C(F)(F)C(F)(F)F)COC2)COC1. The first kappa shape index (κ1) is 49.1. The third-order valence-corrected chi connectivity index (χ3v) is 7.83. The summed E-state index contributed by atoms with van der Waals surface area (Å²) < 4.78 is 367. The molecule has 31 heteroatoms. The van der Waals surface area contributed by atoms with Gasteiger partial charge in [-0.1, -0.05) is 0 Å². The second kappa shape index (κ2) is 14.4. The van der Waals surface area contributed by atoms with Gasteiger partial charge in [-0.15, -0.1) is 0 Å². The Kier molecular flexibility index (Phi) is 12.8. The number of alkyl halides is 26. The summed E-state index contributed by atoms with van der Waals surface area (Å²) in [5, 5.41) is 0. The fourth-order valence-electron chi connectivity index (χ4n) is 4.26. The topological polar surface area (TPSA) is 46.2 Å². The third kappa shape index (κ3) is 7.93. The van der Waals surface area contributed by atoms with Crippen molar-refractivity contribution in [3.05, 3.63) is 0 Å². The lowest BCUT2D eigenvalue weighted by Crippen LogP contribution is -2.70. The molecule has 2 fully saturated rings. The molecule has 0 aromatic rings. The van der Waals surface area contributed by atoms with Gasteiger partial charge in [-0.2, -0.15) is 114 Å². The van der Waals surface area contributed by atoms with Crippen LogP contribution in [0.2, 0.25) is 0 Å². The van der Waals surface area contributed by atoms with Gasteiger partial charge in [0.1, 0.15) is 13.2 Å². The Labute approximate surface area is 287 Å². The summed E-state index contributed by atoms with van der Waals surface area (Å²) in [6, 6.07) is 0. The zero-order chi connectivity index (χ0) is 43.6. The van der Waals surface area contributed by atoms with Crippen LogP contribution in [0.4, 0.5) is 114 Å². The zero-order valence-corrected chi connectivity index (χ0v) is 25.9. The molecule has 0 radical (unpaired) electrons. The van der Waals surface area contributed by atoms with Crippen LogP contribution in [-0.2, 0) is 23.7 Å². The van der Waals surface area contributed by atoms with Gasteiger partial charge in [-0.05, 0) is 0 Å². The Morgan fingerprint density at radius 3 is 0.727 bits per heavy atom. The highest BCUT2D eigenvalue weighted by Crippen LogP contribution is 2.62. The lowest BCUT2D eigenvalue weighted by molar-refractivity contribution is -0.441. The molecule has 2 aliphatic rings. The summed E-state index contributed by atoms with van der Waals surface area (Å²) in [4.78, 5) is 0. The van der Waals surface area contributed by atoms with Crippen LogP contribution < -0.4 is 0 Å². The van der Waals surface area contributed by atoms with Crippen LogP contribution >= 0.6 is 0 Å². The van der Waals surface area contributed by atoms with Gasteiger partial charge in [0.05, 0.1) is 63.7 Å². The van der Waals surface area contributed by atoms with Gasteiger partial charge in [0.15, 0.2) is 0 Å². The van der Waals surface area contributed by atoms with Crippen LogP contribution in [0, 0.1) is 10.8 Å². The second-order valence-electron chi connectivity index (χ2n) is 12.5. The smallest absolute Gasteiger partial charge is 0.380 e. The van der Waals surface area contributed by atoms with Gasteiger partial charge in [0.2, 0.25) is 0 Å². The first-order valence-electron chi connectivity index (χ1n) is 13.8. The monoisotopic (exact) mass is 882 g/mol. The summed E-state index contributed by atoms with van der Waals surface area (Å²) in [5.41, 5.74) is -3.61. The van der Waals surface area contributed by atoms with Crippen molar-refractivity contribution in [3.8, 4) is 0 Å². The Bertz CT molecular complexity index is 1220. The Morgan fingerprint density at radius 1 is 0.309 bits per heavy atom. The van der Waals surface area contributed by atoms with E-state index in [1.807, 2.05) is 0 Å². The molecule has 0 spiro atoms. The summed E-state index contributed by atoms with van der Waals surface area (Å²) in [7, 11) is 0. The molecule has 2 aliphatic heterocycles. The highest BCUT2D eigenvalue weighted by molar-refractivity contribution is 5.11. The number of hydrogen-bond acceptors (Lipinski definition) is 5. The van der Waals surface area contributed by atoms with Gasteiger partial charge < -0.3 is 23.7 Å². The van der Waals surface area contributed by atoms with Crippen molar-refractivity contribution >= 4 is 0 Å². The molecule has 2 saturated heterocycles. The predicted octanol–water partition coefficient (Wildman–Crippen LogP) is 8.55.